The van der Waals surface area contributed by atoms with Crippen molar-refractivity contribution in [3.05, 3.63) is 108 Å². The van der Waals surface area contributed by atoms with Crippen LogP contribution in [0.2, 0.25) is 0 Å². The molecule has 9 aliphatic rings. The predicted molar refractivity (Wildman–Crippen MR) is 425 cm³/mol. The number of ether oxygens (including phenoxy) is 9. The molecule has 6 amide bonds. The molecule has 0 saturated carbocycles. The van der Waals surface area contributed by atoms with Crippen LogP contribution in [-0.4, -0.2) is 193 Å². The van der Waals surface area contributed by atoms with Gasteiger partial charge >= 0.3 is 0 Å². The molecule has 0 aromatic heterocycles. The maximum Gasteiger partial charge on any atom is 0.244 e. The summed E-state index contributed by atoms with van der Waals surface area (Å²) in [7, 11) is 0. The number of carbonyl (C=O) groups is 8. The predicted octanol–water partition coefficient (Wildman–Crippen LogP) is 8.01. The van der Waals surface area contributed by atoms with Gasteiger partial charge in [-0.05, 0) is 145 Å². The largest absolute Gasteiger partial charge is 0.373 e. The Kier molecular flexibility index (Phi) is 38.7. The van der Waals surface area contributed by atoms with Gasteiger partial charge in [0.1, 0.15) is 5.78 Å². The van der Waals surface area contributed by atoms with E-state index >= 15 is 0 Å². The van der Waals surface area contributed by atoms with Gasteiger partial charge in [0.15, 0.2) is 5.78 Å². The molecule has 618 valence electrons. The molecule has 0 radical (unpaired) electrons. The standard InChI is InChI=1S/2C26H41N3O5.C26H38N2O6.C3H9N.C3H6O/c2*1-16(5-8-20-13-26(15-32-26)14-21(34-20)12-24(28)30)6-9-23-17(2)11-22(19(4)33-23)29-25(31)10-7-18(3)27;1-16(5-8-20-13-26(15-32-26)14-21(34-20)12-24(27)30)6-9-23-17(2)11-22(19(4)33-23)28-25(31)10-7-18(3)29;2*1-3(2)4/h2*5-8,10,17-23H,9,11-15,27H2,1-4H3,(H2,28,30)(H,29,31);5-8,10,17,19-23H,9,11-15H2,1-4H3,(H2,27,30)(H,28,31);3H,4H2,1-2H3;1-2H3/b8-5+,10-7+,16-6+;2*8-5+,10-7-,16-6+;;/t2*17-,18?,19+,20+,21+,22+,23-,26+;17-,19+,20+,21+,22+,23-,26+;;/m000../s1. The number of hydrogen-bond donors (Lipinski definition) is 9. The van der Waals surface area contributed by atoms with Crippen molar-refractivity contribution in [1.82, 2.24) is 16.0 Å². The van der Waals surface area contributed by atoms with Crippen LogP contribution in [-0.2, 0) is 81.0 Å². The highest BCUT2D eigenvalue weighted by molar-refractivity contribution is 5.96. The minimum Gasteiger partial charge on any atom is -0.373 e. The quantitative estimate of drug-likeness (QED) is 0.0213. The number of nitrogens with one attached hydrogen (secondary N) is 3. The summed E-state index contributed by atoms with van der Waals surface area (Å²) in [6, 6.07) is -0.0929. The molecule has 110 heavy (non-hydrogen) atoms. The zero-order valence-electron chi connectivity index (χ0n) is 68.4. The van der Waals surface area contributed by atoms with Crippen molar-refractivity contribution in [1.29, 1.82) is 0 Å². The topological polar surface area (TPSA) is 422 Å². The summed E-state index contributed by atoms with van der Waals surface area (Å²) >= 11 is 0. The fourth-order valence-electron chi connectivity index (χ4n) is 14.4. The Labute approximate surface area is 654 Å². The van der Waals surface area contributed by atoms with E-state index in [1.54, 1.807) is 12.2 Å². The number of primary amides is 3. The lowest BCUT2D eigenvalue weighted by atomic mass is 9.88. The third kappa shape index (κ3) is 36.4. The molecule has 9 aliphatic heterocycles. The zero-order valence-corrected chi connectivity index (χ0v) is 68.4. The maximum atomic E-state index is 12.1. The molecule has 0 aliphatic carbocycles. The number of epoxide rings is 3. The molecule has 23 atom stereocenters. The Morgan fingerprint density at radius 3 is 0.882 bits per heavy atom. The van der Waals surface area contributed by atoms with Crippen molar-refractivity contribution in [3.8, 4) is 0 Å². The van der Waals surface area contributed by atoms with Gasteiger partial charge in [0.25, 0.3) is 0 Å². The number of ketones is 2. The van der Waals surface area contributed by atoms with Crippen LogP contribution >= 0.6 is 0 Å². The van der Waals surface area contributed by atoms with E-state index in [1.165, 1.54) is 45.1 Å². The first-order chi connectivity index (χ1) is 51.6. The van der Waals surface area contributed by atoms with E-state index in [1.807, 2.05) is 61.5 Å². The van der Waals surface area contributed by atoms with Crippen molar-refractivity contribution in [2.45, 2.75) is 333 Å². The van der Waals surface area contributed by atoms with Crippen molar-refractivity contribution in [3.63, 3.8) is 0 Å². The number of amides is 6. The van der Waals surface area contributed by atoms with E-state index in [-0.39, 0.29) is 192 Å². The first kappa shape index (κ1) is 93.9. The molecule has 9 rings (SSSR count). The lowest BCUT2D eigenvalue weighted by Gasteiger charge is -2.39. The number of hydrogen-bond acceptors (Lipinski definition) is 20. The van der Waals surface area contributed by atoms with Crippen LogP contribution in [0.4, 0.5) is 0 Å². The van der Waals surface area contributed by atoms with Gasteiger partial charge in [-0.25, -0.2) is 0 Å². The van der Waals surface area contributed by atoms with Gasteiger partial charge in [-0.2, -0.15) is 0 Å². The van der Waals surface area contributed by atoms with Crippen molar-refractivity contribution in [2.24, 2.45) is 52.2 Å². The third-order valence-electron chi connectivity index (χ3n) is 20.5. The second kappa shape index (κ2) is 45.3. The zero-order chi connectivity index (χ0) is 81.8. The Hall–Kier alpha value is -6.66. The highest BCUT2D eigenvalue weighted by Crippen LogP contribution is 2.46. The summed E-state index contributed by atoms with van der Waals surface area (Å²) in [5, 5.41) is 9.02. The van der Waals surface area contributed by atoms with Crippen LogP contribution in [0.1, 0.15) is 207 Å². The molecule has 26 nitrogen and oxygen atoms in total. The van der Waals surface area contributed by atoms with E-state index in [9.17, 15) is 38.4 Å². The second-order valence-corrected chi connectivity index (χ2v) is 32.8. The van der Waals surface area contributed by atoms with Gasteiger partial charge in [0, 0.05) is 68.8 Å². The van der Waals surface area contributed by atoms with E-state index in [0.29, 0.717) is 24.5 Å². The molecule has 26 heteroatoms. The summed E-state index contributed by atoms with van der Waals surface area (Å²) in [6.45, 7) is 32.8. The maximum absolute atomic E-state index is 12.1. The summed E-state index contributed by atoms with van der Waals surface area (Å²) < 4.78 is 53.8. The van der Waals surface area contributed by atoms with Gasteiger partial charge in [0.2, 0.25) is 35.4 Å². The molecule has 3 spiro atoms. The monoisotopic (exact) mass is 1540 g/mol. The van der Waals surface area contributed by atoms with Crippen LogP contribution in [0.3, 0.4) is 0 Å². The molecule has 0 aromatic rings. The van der Waals surface area contributed by atoms with Crippen molar-refractivity contribution in [2.75, 3.05) is 19.8 Å². The SMILES string of the molecule is CC(/C=C/[C@@H]1C[C@]2(CO2)C[C@@H](CC(N)=O)O1)=C\C[C@@H]1O[C@H](C)[C@H](NC(=O)/C=C/C(C)N)C[C@@H]1C.CC(/C=C/[C@@H]1C[C@]2(CO2)C[C@@H](CC(N)=O)O1)=C\C[C@@H]1O[C@H](C)[C@H](NC(=O)/C=C\C(C)N)C[C@@H]1C.CC(=O)/C=C\C(=O)N[C@@H]1C[C@H](C)[C@H](C/C=C(C)/C=C/[C@@H]2C[C@]3(CO3)C[C@@H](CC(N)=O)O2)O[C@@H]1C.CC(C)=O.CC(C)N. The summed E-state index contributed by atoms with van der Waals surface area (Å²) in [4.78, 5) is 90.7. The lowest BCUT2D eigenvalue weighted by Crippen LogP contribution is -2.50. The highest BCUT2D eigenvalue weighted by Gasteiger charge is 2.54. The normalized spacial score (nSPS) is 34.8. The van der Waals surface area contributed by atoms with Crippen molar-refractivity contribution < 1.29 is 81.0 Å². The Morgan fingerprint density at radius 2 is 0.655 bits per heavy atom. The number of allylic oxidation sites excluding steroid dienone is 7. The van der Waals surface area contributed by atoms with Crippen LogP contribution in [0, 0.1) is 17.8 Å². The van der Waals surface area contributed by atoms with Gasteiger partial charge < -0.3 is 97.8 Å². The van der Waals surface area contributed by atoms with E-state index in [0.717, 1.165) is 107 Å². The molecule has 9 saturated heterocycles. The average molecular weight is 1540 g/mol. The fourth-order valence-corrected chi connectivity index (χ4v) is 14.4. The smallest absolute Gasteiger partial charge is 0.244 e. The van der Waals surface area contributed by atoms with Crippen molar-refractivity contribution >= 4 is 47.0 Å². The molecule has 0 aromatic carbocycles. The molecular formula is C84H135N9O17. The fraction of sp³-hybridized carbons (Fsp3) is 0.690. The van der Waals surface area contributed by atoms with E-state index in [4.69, 9.17) is 77.0 Å². The highest BCUT2D eigenvalue weighted by atomic mass is 16.6. The van der Waals surface area contributed by atoms with Crippen LogP contribution < -0.4 is 50.4 Å². The van der Waals surface area contributed by atoms with Gasteiger partial charge in [0.05, 0.1) is 147 Å². The van der Waals surface area contributed by atoms with E-state index < -0.39 is 0 Å². The first-order valence-corrected chi connectivity index (χ1v) is 39.6. The number of nitrogens with two attached hydrogens (primary N) is 6. The Bertz CT molecular complexity index is 3170. The third-order valence-corrected chi connectivity index (χ3v) is 20.5. The lowest BCUT2D eigenvalue weighted by molar-refractivity contribution is -0.125. The Balaban J connectivity index is 0.000000281. The molecule has 9 fully saturated rings. The Morgan fingerprint density at radius 1 is 0.400 bits per heavy atom. The molecule has 0 bridgehead atoms. The van der Waals surface area contributed by atoms with E-state index in [2.05, 4.69) is 99.2 Å². The number of rotatable bonds is 27. The number of Topliss-reactive ketones (excluding diaryl/α,β-unsaturated/α-hetero) is 1. The summed E-state index contributed by atoms with van der Waals surface area (Å²) in [5.74, 6) is -0.679. The van der Waals surface area contributed by atoms with Crippen LogP contribution in [0.25, 0.3) is 0 Å². The minimum atomic E-state index is -0.355. The van der Waals surface area contributed by atoms with Gasteiger partial charge in [-0.3, -0.25) is 33.6 Å². The summed E-state index contributed by atoms with van der Waals surface area (Å²) in [6.07, 6.45) is 37.1. The van der Waals surface area contributed by atoms with Crippen LogP contribution in [0.15, 0.2) is 108 Å². The first-order valence-electron chi connectivity index (χ1n) is 39.6. The average Bonchev–Trinajstić information content (AvgIpc) is 1.63. The molecule has 15 N–H and O–H groups in total. The molecular weight excluding hydrogens is 1410 g/mol. The second-order valence-electron chi connectivity index (χ2n) is 32.8. The number of carbonyl (C=O) groups excluding carboxylic acids is 8. The van der Waals surface area contributed by atoms with Gasteiger partial charge in [-0.1, -0.05) is 118 Å². The molecule has 2 unspecified atom stereocenters. The molecule has 9 heterocycles. The van der Waals surface area contributed by atoms with Gasteiger partial charge in [-0.15, -0.1) is 0 Å². The van der Waals surface area contributed by atoms with Crippen LogP contribution in [0.5, 0.6) is 0 Å². The minimum absolute atomic E-state index is 0.0183. The summed E-state index contributed by atoms with van der Waals surface area (Å²) in [5.41, 5.74) is 35.5.